The molecule has 3 atom stereocenters. The molecule has 0 fully saturated rings. The molecule has 0 aliphatic heterocycles. The second kappa shape index (κ2) is 19.1. The van der Waals surface area contributed by atoms with E-state index in [9.17, 15) is 22.6 Å². The first-order valence-corrected chi connectivity index (χ1v) is 13.9. The van der Waals surface area contributed by atoms with Gasteiger partial charge < -0.3 is 9.47 Å². The van der Waals surface area contributed by atoms with Crippen LogP contribution >= 0.6 is 0 Å². The Morgan fingerprint density at radius 1 is 0.697 bits per heavy atom. The van der Waals surface area contributed by atoms with Crippen LogP contribution in [0.25, 0.3) is 0 Å². The predicted octanol–water partition coefficient (Wildman–Crippen LogP) is 5.06. The van der Waals surface area contributed by atoms with Crippen molar-refractivity contribution in [2.24, 2.45) is 11.8 Å². The molecular formula is C24H47NaO7S. The standard InChI is InChI=1S/C24H46O7S.Na.H/c1-7-18(8-2)13-15-20(11-5)30-23(25)17-22(32(27,28)29)24(26)31-21(12-6)16-14-19(9-3)10-4;;/h18-22H,7-17H2,1-6H3,(H,27,28,29);;. The molecule has 0 bridgehead atoms. The van der Waals surface area contributed by atoms with Gasteiger partial charge in [-0.15, -0.1) is 0 Å². The summed E-state index contributed by atoms with van der Waals surface area (Å²) in [6, 6.07) is 0. The third-order valence-corrected chi connectivity index (χ3v) is 7.65. The van der Waals surface area contributed by atoms with E-state index in [1.165, 1.54) is 0 Å². The molecular weight excluding hydrogens is 455 g/mol. The van der Waals surface area contributed by atoms with Gasteiger partial charge >= 0.3 is 41.5 Å². The number of carbonyl (C=O) groups is 2. The van der Waals surface area contributed by atoms with E-state index in [4.69, 9.17) is 9.47 Å². The molecule has 0 amide bonds. The Hall–Kier alpha value is -0.150. The quantitative estimate of drug-likeness (QED) is 0.159. The van der Waals surface area contributed by atoms with Crippen LogP contribution in [0.1, 0.15) is 112 Å². The minimum atomic E-state index is -4.81. The second-order valence-corrected chi connectivity index (χ2v) is 10.3. The van der Waals surface area contributed by atoms with E-state index in [0.717, 1.165) is 38.5 Å². The molecule has 33 heavy (non-hydrogen) atoms. The fourth-order valence-corrected chi connectivity index (χ4v) is 4.51. The number of rotatable bonds is 18. The van der Waals surface area contributed by atoms with Crippen molar-refractivity contribution in [3.8, 4) is 0 Å². The average molecular weight is 503 g/mol. The summed E-state index contributed by atoms with van der Waals surface area (Å²) in [6.45, 7) is 12.2. The summed E-state index contributed by atoms with van der Waals surface area (Å²) in [7, 11) is -4.81. The summed E-state index contributed by atoms with van der Waals surface area (Å²) in [4.78, 5) is 25.0. The fourth-order valence-electron chi connectivity index (χ4n) is 3.87. The van der Waals surface area contributed by atoms with Crippen molar-refractivity contribution in [1.82, 2.24) is 0 Å². The predicted molar refractivity (Wildman–Crippen MR) is 134 cm³/mol. The van der Waals surface area contributed by atoms with Gasteiger partial charge in [-0.3, -0.25) is 14.1 Å². The van der Waals surface area contributed by atoms with Crippen molar-refractivity contribution >= 4 is 51.6 Å². The SMILES string of the molecule is CCC(CC)CCC(CC)OC(=O)CC(C(=O)OC(CC)CCC(CC)CC)S(=O)(=O)O.[NaH]. The second-order valence-electron chi connectivity index (χ2n) is 8.71. The number of ether oxygens (including phenoxy) is 2. The van der Waals surface area contributed by atoms with Crippen LogP contribution in [-0.4, -0.2) is 71.9 Å². The Labute approximate surface area is 224 Å². The van der Waals surface area contributed by atoms with Crippen molar-refractivity contribution < 1.29 is 32.0 Å². The van der Waals surface area contributed by atoms with Gasteiger partial charge in [-0.1, -0.05) is 67.2 Å². The average Bonchev–Trinajstić information content (AvgIpc) is 2.75. The van der Waals surface area contributed by atoms with Crippen LogP contribution in [0.15, 0.2) is 0 Å². The van der Waals surface area contributed by atoms with Crippen LogP contribution in [0, 0.1) is 11.8 Å². The molecule has 0 spiro atoms. The van der Waals surface area contributed by atoms with Gasteiger partial charge in [-0.2, -0.15) is 8.42 Å². The monoisotopic (exact) mass is 502 g/mol. The van der Waals surface area contributed by atoms with E-state index in [-0.39, 0.29) is 35.7 Å². The maximum absolute atomic E-state index is 12.6. The van der Waals surface area contributed by atoms with Crippen LogP contribution < -0.4 is 0 Å². The maximum atomic E-state index is 12.6. The normalized spacial score (nSPS) is 14.5. The van der Waals surface area contributed by atoms with Crippen LogP contribution in [0.2, 0.25) is 0 Å². The summed E-state index contributed by atoms with van der Waals surface area (Å²) in [5.74, 6) is -0.840. The van der Waals surface area contributed by atoms with Gasteiger partial charge in [0.1, 0.15) is 12.2 Å². The van der Waals surface area contributed by atoms with E-state index in [1.807, 2.05) is 13.8 Å². The van der Waals surface area contributed by atoms with E-state index >= 15 is 0 Å². The zero-order valence-electron chi connectivity index (χ0n) is 21.0. The molecule has 0 aromatic heterocycles. The van der Waals surface area contributed by atoms with Gasteiger partial charge in [-0.25, -0.2) is 0 Å². The summed E-state index contributed by atoms with van der Waals surface area (Å²) >= 11 is 0. The van der Waals surface area contributed by atoms with Gasteiger partial charge in [0.25, 0.3) is 10.1 Å². The van der Waals surface area contributed by atoms with Gasteiger partial charge in [0.2, 0.25) is 0 Å². The van der Waals surface area contributed by atoms with E-state index in [2.05, 4.69) is 27.7 Å². The van der Waals surface area contributed by atoms with Gasteiger partial charge in [0.05, 0.1) is 6.42 Å². The molecule has 0 radical (unpaired) electrons. The van der Waals surface area contributed by atoms with Crippen molar-refractivity contribution in [3.05, 3.63) is 0 Å². The molecule has 1 N–H and O–H groups in total. The number of hydrogen-bond acceptors (Lipinski definition) is 6. The van der Waals surface area contributed by atoms with Crippen LogP contribution in [0.4, 0.5) is 0 Å². The zero-order valence-corrected chi connectivity index (χ0v) is 21.8. The van der Waals surface area contributed by atoms with Crippen molar-refractivity contribution in [3.63, 3.8) is 0 Å². The molecule has 7 nitrogen and oxygen atoms in total. The minimum absolute atomic E-state index is 0. The third kappa shape index (κ3) is 14.8. The first-order chi connectivity index (χ1) is 15.1. The molecule has 0 aromatic carbocycles. The van der Waals surface area contributed by atoms with Gasteiger partial charge in [-0.05, 0) is 50.4 Å². The molecule has 9 heteroatoms. The first kappa shape index (κ1) is 35.0. The summed E-state index contributed by atoms with van der Waals surface area (Å²) < 4.78 is 44.0. The van der Waals surface area contributed by atoms with Gasteiger partial charge in [0.15, 0.2) is 5.25 Å². The van der Waals surface area contributed by atoms with Crippen LogP contribution in [-0.2, 0) is 29.2 Å². The van der Waals surface area contributed by atoms with E-state index in [1.54, 1.807) is 0 Å². The summed E-state index contributed by atoms with van der Waals surface area (Å²) in [6.07, 6.45) is 6.81. The summed E-state index contributed by atoms with van der Waals surface area (Å²) in [5, 5.41) is -1.96. The van der Waals surface area contributed by atoms with Crippen molar-refractivity contribution in [1.29, 1.82) is 0 Å². The molecule has 3 unspecified atom stereocenters. The Bertz CT molecular complexity index is 631. The molecule has 0 saturated carbocycles. The van der Waals surface area contributed by atoms with Crippen LogP contribution in [0.5, 0.6) is 0 Å². The molecule has 0 rings (SSSR count). The molecule has 0 aromatic rings. The molecule has 0 aliphatic rings. The molecule has 0 aliphatic carbocycles. The number of hydrogen-bond donors (Lipinski definition) is 1. The van der Waals surface area contributed by atoms with Crippen LogP contribution in [0.3, 0.4) is 0 Å². The van der Waals surface area contributed by atoms with Crippen molar-refractivity contribution in [2.75, 3.05) is 0 Å². The third-order valence-electron chi connectivity index (χ3n) is 6.57. The Morgan fingerprint density at radius 2 is 1.09 bits per heavy atom. The number of esters is 2. The van der Waals surface area contributed by atoms with Crippen molar-refractivity contribution in [2.45, 2.75) is 130 Å². The Morgan fingerprint density at radius 3 is 1.42 bits per heavy atom. The molecule has 0 heterocycles. The van der Waals surface area contributed by atoms with E-state index < -0.39 is 39.8 Å². The van der Waals surface area contributed by atoms with E-state index in [0.29, 0.717) is 37.5 Å². The summed E-state index contributed by atoms with van der Waals surface area (Å²) in [5.41, 5.74) is 0. The Kier molecular flexibility index (Phi) is 20.3. The fraction of sp³-hybridized carbons (Fsp3) is 0.917. The Balaban J connectivity index is 0. The topological polar surface area (TPSA) is 107 Å². The van der Waals surface area contributed by atoms with Gasteiger partial charge in [0, 0.05) is 0 Å². The number of carbonyl (C=O) groups excluding carboxylic acids is 2. The zero-order chi connectivity index (χ0) is 24.7. The molecule has 0 saturated heterocycles. The first-order valence-electron chi connectivity index (χ1n) is 12.4. The molecule has 192 valence electrons.